The molecule has 2 rings (SSSR count). The molecule has 0 spiro atoms. The first-order valence-electron chi connectivity index (χ1n) is 7.62. The SMILES string of the molecule is CCOC(=O)CC(NC(=O)Nc1ccc(F)cc1)c1ccccc1. The third kappa shape index (κ3) is 5.39. The lowest BCUT2D eigenvalue weighted by Gasteiger charge is -2.19. The number of halogens is 1. The number of ether oxygens (including phenoxy) is 1. The highest BCUT2D eigenvalue weighted by molar-refractivity contribution is 5.89. The normalized spacial score (nSPS) is 11.4. The van der Waals surface area contributed by atoms with Gasteiger partial charge < -0.3 is 15.4 Å². The summed E-state index contributed by atoms with van der Waals surface area (Å²) in [6.45, 7) is 2.01. The predicted octanol–water partition coefficient (Wildman–Crippen LogP) is 3.64. The van der Waals surface area contributed by atoms with Gasteiger partial charge in [-0.1, -0.05) is 30.3 Å². The second-order valence-electron chi connectivity index (χ2n) is 5.08. The van der Waals surface area contributed by atoms with Gasteiger partial charge in [0.2, 0.25) is 0 Å². The maximum absolute atomic E-state index is 12.9. The van der Waals surface area contributed by atoms with E-state index in [0.717, 1.165) is 5.56 Å². The van der Waals surface area contributed by atoms with Crippen LogP contribution in [0.5, 0.6) is 0 Å². The van der Waals surface area contributed by atoms with Crippen LogP contribution in [0, 0.1) is 5.82 Å². The molecule has 6 heteroatoms. The van der Waals surface area contributed by atoms with Gasteiger partial charge in [-0.15, -0.1) is 0 Å². The maximum Gasteiger partial charge on any atom is 0.319 e. The molecule has 0 aromatic heterocycles. The molecule has 2 aromatic rings. The Morgan fingerprint density at radius 1 is 1.08 bits per heavy atom. The van der Waals surface area contributed by atoms with Crippen LogP contribution in [0.2, 0.25) is 0 Å². The molecule has 0 aliphatic carbocycles. The van der Waals surface area contributed by atoms with Gasteiger partial charge >= 0.3 is 12.0 Å². The van der Waals surface area contributed by atoms with Crippen molar-refractivity contribution in [2.24, 2.45) is 0 Å². The summed E-state index contributed by atoms with van der Waals surface area (Å²) in [6.07, 6.45) is 0.0225. The number of hydrogen-bond donors (Lipinski definition) is 2. The summed E-state index contributed by atoms with van der Waals surface area (Å²) in [5, 5.41) is 5.35. The minimum Gasteiger partial charge on any atom is -0.466 e. The number of amides is 2. The Kier molecular flexibility index (Phi) is 6.31. The topological polar surface area (TPSA) is 67.4 Å². The van der Waals surface area contributed by atoms with Gasteiger partial charge in [-0.3, -0.25) is 4.79 Å². The second kappa shape index (κ2) is 8.67. The first-order valence-corrected chi connectivity index (χ1v) is 7.62. The lowest BCUT2D eigenvalue weighted by molar-refractivity contribution is -0.143. The maximum atomic E-state index is 12.9. The van der Waals surface area contributed by atoms with Crippen LogP contribution in [0.25, 0.3) is 0 Å². The molecule has 0 saturated carbocycles. The van der Waals surface area contributed by atoms with Crippen molar-refractivity contribution >= 4 is 17.7 Å². The Hall–Kier alpha value is -2.89. The Labute approximate surface area is 139 Å². The third-order valence-corrected chi connectivity index (χ3v) is 3.29. The first-order chi connectivity index (χ1) is 11.6. The van der Waals surface area contributed by atoms with Crippen molar-refractivity contribution in [2.45, 2.75) is 19.4 Å². The standard InChI is InChI=1S/C18H19FN2O3/c1-2-24-17(22)12-16(13-6-4-3-5-7-13)21-18(23)20-15-10-8-14(19)9-11-15/h3-11,16H,2,12H2,1H3,(H2,20,21,23). The van der Waals surface area contributed by atoms with Crippen molar-refractivity contribution in [3.05, 3.63) is 66.0 Å². The number of carbonyl (C=O) groups is 2. The number of esters is 1. The predicted molar refractivity (Wildman–Crippen MR) is 89.0 cm³/mol. The number of benzene rings is 2. The van der Waals surface area contributed by atoms with E-state index in [9.17, 15) is 14.0 Å². The molecule has 5 nitrogen and oxygen atoms in total. The monoisotopic (exact) mass is 330 g/mol. The van der Waals surface area contributed by atoms with Crippen LogP contribution in [0.4, 0.5) is 14.9 Å². The van der Waals surface area contributed by atoms with Gasteiger partial charge in [-0.25, -0.2) is 9.18 Å². The zero-order valence-corrected chi connectivity index (χ0v) is 13.3. The molecule has 0 aliphatic heterocycles. The van der Waals surface area contributed by atoms with E-state index < -0.39 is 18.0 Å². The molecule has 0 aliphatic rings. The molecule has 0 heterocycles. The van der Waals surface area contributed by atoms with Crippen molar-refractivity contribution in [3.8, 4) is 0 Å². The van der Waals surface area contributed by atoms with E-state index in [1.807, 2.05) is 30.3 Å². The summed E-state index contributed by atoms with van der Waals surface area (Å²) in [6, 6.07) is 13.6. The number of nitrogens with one attached hydrogen (secondary N) is 2. The Bertz CT molecular complexity index is 674. The highest BCUT2D eigenvalue weighted by Gasteiger charge is 2.19. The summed E-state index contributed by atoms with van der Waals surface area (Å²) in [4.78, 5) is 23.9. The smallest absolute Gasteiger partial charge is 0.319 e. The number of hydrogen-bond acceptors (Lipinski definition) is 3. The van der Waals surface area contributed by atoms with E-state index in [4.69, 9.17) is 4.74 Å². The number of carbonyl (C=O) groups excluding carboxylic acids is 2. The van der Waals surface area contributed by atoms with Gasteiger partial charge in [0.25, 0.3) is 0 Å². The van der Waals surface area contributed by atoms with Crippen LogP contribution >= 0.6 is 0 Å². The molecule has 1 atom stereocenters. The van der Waals surface area contributed by atoms with Crippen molar-refractivity contribution in [3.63, 3.8) is 0 Å². The van der Waals surface area contributed by atoms with E-state index in [2.05, 4.69) is 10.6 Å². The number of urea groups is 1. The molecular formula is C18H19FN2O3. The lowest BCUT2D eigenvalue weighted by Crippen LogP contribution is -2.34. The average Bonchev–Trinajstić information content (AvgIpc) is 2.57. The van der Waals surface area contributed by atoms with E-state index in [0.29, 0.717) is 5.69 Å². The zero-order valence-electron chi connectivity index (χ0n) is 13.3. The van der Waals surface area contributed by atoms with Crippen LogP contribution < -0.4 is 10.6 Å². The van der Waals surface area contributed by atoms with Gasteiger partial charge in [0.1, 0.15) is 5.82 Å². The zero-order chi connectivity index (χ0) is 17.4. The van der Waals surface area contributed by atoms with Crippen molar-refractivity contribution in [1.82, 2.24) is 5.32 Å². The minimum atomic E-state index is -0.523. The molecular weight excluding hydrogens is 311 g/mol. The summed E-state index contributed by atoms with van der Waals surface area (Å²) >= 11 is 0. The third-order valence-electron chi connectivity index (χ3n) is 3.29. The fraction of sp³-hybridized carbons (Fsp3) is 0.222. The van der Waals surface area contributed by atoms with Crippen molar-refractivity contribution in [2.75, 3.05) is 11.9 Å². The molecule has 2 aromatic carbocycles. The molecule has 2 N–H and O–H groups in total. The Morgan fingerprint density at radius 3 is 2.38 bits per heavy atom. The van der Waals surface area contributed by atoms with Crippen molar-refractivity contribution < 1.29 is 18.7 Å². The molecule has 0 saturated heterocycles. The van der Waals surface area contributed by atoms with Crippen LogP contribution in [0.1, 0.15) is 24.9 Å². The average molecular weight is 330 g/mol. The Balaban J connectivity index is 2.05. The summed E-state index contributed by atoms with van der Waals surface area (Å²) in [7, 11) is 0. The van der Waals surface area contributed by atoms with E-state index in [1.165, 1.54) is 24.3 Å². The molecule has 126 valence electrons. The van der Waals surface area contributed by atoms with Gasteiger partial charge in [-0.05, 0) is 36.8 Å². The largest absolute Gasteiger partial charge is 0.466 e. The first kappa shape index (κ1) is 17.5. The number of anilines is 1. The van der Waals surface area contributed by atoms with E-state index in [1.54, 1.807) is 6.92 Å². The van der Waals surface area contributed by atoms with Gasteiger partial charge in [0.15, 0.2) is 0 Å². The van der Waals surface area contributed by atoms with E-state index in [-0.39, 0.29) is 18.8 Å². The van der Waals surface area contributed by atoms with E-state index >= 15 is 0 Å². The van der Waals surface area contributed by atoms with Gasteiger partial charge in [0, 0.05) is 5.69 Å². The van der Waals surface area contributed by atoms with Crippen LogP contribution in [-0.2, 0) is 9.53 Å². The highest BCUT2D eigenvalue weighted by atomic mass is 19.1. The fourth-order valence-corrected chi connectivity index (χ4v) is 2.18. The second-order valence-corrected chi connectivity index (χ2v) is 5.08. The lowest BCUT2D eigenvalue weighted by atomic mass is 10.0. The van der Waals surface area contributed by atoms with Crippen LogP contribution in [0.15, 0.2) is 54.6 Å². The highest BCUT2D eigenvalue weighted by Crippen LogP contribution is 2.18. The molecule has 1 unspecified atom stereocenters. The fourth-order valence-electron chi connectivity index (χ4n) is 2.18. The van der Waals surface area contributed by atoms with Crippen LogP contribution in [0.3, 0.4) is 0 Å². The molecule has 0 fully saturated rings. The number of rotatable bonds is 6. The van der Waals surface area contributed by atoms with Crippen molar-refractivity contribution in [1.29, 1.82) is 0 Å². The van der Waals surface area contributed by atoms with Gasteiger partial charge in [-0.2, -0.15) is 0 Å². The molecule has 24 heavy (non-hydrogen) atoms. The summed E-state index contributed by atoms with van der Waals surface area (Å²) in [5.41, 5.74) is 1.25. The minimum absolute atomic E-state index is 0.0225. The van der Waals surface area contributed by atoms with Crippen LogP contribution in [-0.4, -0.2) is 18.6 Å². The quantitative estimate of drug-likeness (QED) is 0.795. The molecule has 0 radical (unpaired) electrons. The van der Waals surface area contributed by atoms with Gasteiger partial charge in [0.05, 0.1) is 19.1 Å². The summed E-state index contributed by atoms with van der Waals surface area (Å²) < 4.78 is 17.8. The summed E-state index contributed by atoms with van der Waals surface area (Å²) in [5.74, 6) is -0.779. The molecule has 2 amide bonds. The molecule has 0 bridgehead atoms. The Morgan fingerprint density at radius 2 is 1.75 bits per heavy atom.